The standard InChI is InChI=1S/C12H24N/c1-9(2)11(5)8-13(7)12(6)10(3)4/h8-10,12H,7H2,1-6H3/q+1/b11-8-. The van der Waals surface area contributed by atoms with Crippen LogP contribution in [-0.2, 0) is 0 Å². The molecule has 1 nitrogen and oxygen atoms in total. The molecule has 0 aliphatic heterocycles. The first-order chi connectivity index (χ1) is 5.86. The van der Waals surface area contributed by atoms with E-state index < -0.39 is 0 Å². The number of rotatable bonds is 4. The van der Waals surface area contributed by atoms with E-state index in [1.165, 1.54) is 5.57 Å². The summed E-state index contributed by atoms with van der Waals surface area (Å²) < 4.78 is 2.07. The molecule has 0 aromatic rings. The highest BCUT2D eigenvalue weighted by Crippen LogP contribution is 2.11. The largest absolute Gasteiger partial charge is 0.209 e. The number of nitrogens with zero attached hydrogens (tertiary/aromatic N) is 1. The minimum atomic E-state index is 0.508. The summed E-state index contributed by atoms with van der Waals surface area (Å²) in [4.78, 5) is 0. The lowest BCUT2D eigenvalue weighted by atomic mass is 10.0. The molecule has 13 heavy (non-hydrogen) atoms. The number of hydrogen-bond donors (Lipinski definition) is 0. The fourth-order valence-electron chi connectivity index (χ4n) is 0.911. The Balaban J connectivity index is 4.37. The molecule has 0 aromatic heterocycles. The molecular weight excluding hydrogens is 158 g/mol. The van der Waals surface area contributed by atoms with E-state index in [2.05, 4.69) is 59.0 Å². The maximum atomic E-state index is 4.04. The van der Waals surface area contributed by atoms with Crippen LogP contribution < -0.4 is 0 Å². The highest BCUT2D eigenvalue weighted by molar-refractivity contribution is 5.16. The summed E-state index contributed by atoms with van der Waals surface area (Å²) in [7, 11) is 0. The Kier molecular flexibility index (Phi) is 4.97. The minimum absolute atomic E-state index is 0.508. The van der Waals surface area contributed by atoms with E-state index in [-0.39, 0.29) is 0 Å². The third kappa shape index (κ3) is 4.25. The van der Waals surface area contributed by atoms with Gasteiger partial charge in [-0.25, -0.2) is 4.58 Å². The van der Waals surface area contributed by atoms with Gasteiger partial charge >= 0.3 is 0 Å². The SMILES string of the molecule is C=[N+](/C=C(/C)C(C)C)C(C)C(C)C. The van der Waals surface area contributed by atoms with E-state index in [0.717, 1.165) is 0 Å². The van der Waals surface area contributed by atoms with Gasteiger partial charge in [0.25, 0.3) is 0 Å². The fraction of sp³-hybridized carbons (Fsp3) is 0.750. The molecule has 0 radical (unpaired) electrons. The third-order valence-corrected chi connectivity index (χ3v) is 2.77. The Labute approximate surface area is 83.2 Å². The first kappa shape index (κ1) is 12.4. The van der Waals surface area contributed by atoms with Gasteiger partial charge < -0.3 is 0 Å². The fourth-order valence-corrected chi connectivity index (χ4v) is 0.911. The molecule has 0 saturated carbocycles. The molecule has 0 heterocycles. The van der Waals surface area contributed by atoms with Crippen LogP contribution in [0.2, 0.25) is 0 Å². The molecule has 0 rings (SSSR count). The van der Waals surface area contributed by atoms with Gasteiger partial charge in [-0.05, 0) is 25.3 Å². The van der Waals surface area contributed by atoms with Crippen LogP contribution in [0, 0.1) is 11.8 Å². The molecule has 0 fully saturated rings. The number of hydrogen-bond acceptors (Lipinski definition) is 0. The van der Waals surface area contributed by atoms with Crippen molar-refractivity contribution in [3.8, 4) is 0 Å². The summed E-state index contributed by atoms with van der Waals surface area (Å²) in [5.74, 6) is 1.26. The Hall–Kier alpha value is -0.590. The second kappa shape index (κ2) is 5.21. The number of allylic oxidation sites excluding steroid dienone is 1. The van der Waals surface area contributed by atoms with E-state index >= 15 is 0 Å². The van der Waals surface area contributed by atoms with Crippen molar-refractivity contribution in [3.05, 3.63) is 11.8 Å². The first-order valence-electron chi connectivity index (χ1n) is 5.13. The van der Waals surface area contributed by atoms with Gasteiger partial charge in [0.2, 0.25) is 0 Å². The Morgan fingerprint density at radius 1 is 1.15 bits per heavy atom. The smallest absolute Gasteiger partial charge is 0.167 e. The molecule has 0 N–H and O–H groups in total. The maximum absolute atomic E-state index is 4.04. The molecule has 0 aromatic carbocycles. The molecule has 0 spiro atoms. The lowest BCUT2D eigenvalue weighted by molar-refractivity contribution is -0.497. The predicted octanol–water partition coefficient (Wildman–Crippen LogP) is 3.30. The summed E-state index contributed by atoms with van der Waals surface area (Å²) in [6.07, 6.45) is 2.16. The van der Waals surface area contributed by atoms with Crippen LogP contribution in [0.3, 0.4) is 0 Å². The zero-order valence-corrected chi connectivity index (χ0v) is 9.96. The second-order valence-electron chi connectivity index (χ2n) is 4.53. The van der Waals surface area contributed by atoms with E-state index in [1.54, 1.807) is 0 Å². The lowest BCUT2D eigenvalue weighted by Gasteiger charge is -2.12. The van der Waals surface area contributed by atoms with Gasteiger partial charge in [-0.3, -0.25) is 0 Å². The summed E-state index contributed by atoms with van der Waals surface area (Å²) >= 11 is 0. The molecule has 1 heteroatoms. The zero-order valence-electron chi connectivity index (χ0n) is 9.96. The summed E-state index contributed by atoms with van der Waals surface area (Å²) in [5.41, 5.74) is 1.39. The van der Waals surface area contributed by atoms with Crippen LogP contribution in [-0.4, -0.2) is 17.3 Å². The van der Waals surface area contributed by atoms with Crippen LogP contribution in [0.15, 0.2) is 11.8 Å². The van der Waals surface area contributed by atoms with Crippen LogP contribution in [0.25, 0.3) is 0 Å². The average Bonchev–Trinajstić information content (AvgIpc) is 2.02. The quantitative estimate of drug-likeness (QED) is 0.463. The predicted molar refractivity (Wildman–Crippen MR) is 60.3 cm³/mol. The van der Waals surface area contributed by atoms with Gasteiger partial charge in [0.05, 0.1) is 0 Å². The van der Waals surface area contributed by atoms with Crippen LogP contribution in [0.5, 0.6) is 0 Å². The summed E-state index contributed by atoms with van der Waals surface area (Å²) in [6, 6.07) is 0.508. The van der Waals surface area contributed by atoms with Crippen molar-refractivity contribution in [2.24, 2.45) is 11.8 Å². The van der Waals surface area contributed by atoms with Crippen molar-refractivity contribution in [3.63, 3.8) is 0 Å². The van der Waals surface area contributed by atoms with Crippen molar-refractivity contribution in [1.82, 2.24) is 0 Å². The molecule has 0 aliphatic rings. The lowest BCUT2D eigenvalue weighted by Crippen LogP contribution is -2.23. The zero-order chi connectivity index (χ0) is 10.6. The molecule has 0 bridgehead atoms. The average molecular weight is 182 g/mol. The van der Waals surface area contributed by atoms with Crippen molar-refractivity contribution >= 4 is 6.72 Å². The van der Waals surface area contributed by atoms with Gasteiger partial charge in [-0.1, -0.05) is 27.7 Å². The van der Waals surface area contributed by atoms with E-state index in [0.29, 0.717) is 17.9 Å². The molecular formula is C12H24N+. The molecule has 0 aliphatic carbocycles. The van der Waals surface area contributed by atoms with Crippen molar-refractivity contribution < 1.29 is 4.58 Å². The molecule has 1 unspecified atom stereocenters. The molecule has 0 amide bonds. The summed E-state index contributed by atoms with van der Waals surface area (Å²) in [6.45, 7) is 17.3. The molecule has 76 valence electrons. The van der Waals surface area contributed by atoms with Gasteiger partial charge in [0, 0.05) is 5.92 Å². The van der Waals surface area contributed by atoms with Crippen LogP contribution in [0.4, 0.5) is 0 Å². The first-order valence-corrected chi connectivity index (χ1v) is 5.13. The molecule has 0 saturated heterocycles. The monoisotopic (exact) mass is 182 g/mol. The maximum Gasteiger partial charge on any atom is 0.167 e. The topological polar surface area (TPSA) is 3.01 Å². The minimum Gasteiger partial charge on any atom is -0.209 e. The van der Waals surface area contributed by atoms with E-state index in [1.807, 2.05) is 0 Å². The molecule has 1 atom stereocenters. The van der Waals surface area contributed by atoms with Crippen molar-refractivity contribution in [2.75, 3.05) is 0 Å². The van der Waals surface area contributed by atoms with Crippen LogP contribution in [0.1, 0.15) is 41.5 Å². The Morgan fingerprint density at radius 3 is 1.92 bits per heavy atom. The van der Waals surface area contributed by atoms with Crippen molar-refractivity contribution in [1.29, 1.82) is 0 Å². The normalized spacial score (nSPS) is 15.2. The second-order valence-corrected chi connectivity index (χ2v) is 4.53. The van der Waals surface area contributed by atoms with Gasteiger partial charge in [-0.15, -0.1) is 0 Å². The van der Waals surface area contributed by atoms with Crippen molar-refractivity contribution in [2.45, 2.75) is 47.6 Å². The van der Waals surface area contributed by atoms with Gasteiger partial charge in [0.1, 0.15) is 6.72 Å². The van der Waals surface area contributed by atoms with Gasteiger partial charge in [-0.2, -0.15) is 0 Å². The Bertz CT molecular complexity index is 199. The third-order valence-electron chi connectivity index (χ3n) is 2.77. The highest BCUT2D eigenvalue weighted by atomic mass is 15.0. The van der Waals surface area contributed by atoms with Crippen LogP contribution >= 0.6 is 0 Å². The van der Waals surface area contributed by atoms with E-state index in [4.69, 9.17) is 0 Å². The summed E-state index contributed by atoms with van der Waals surface area (Å²) in [5, 5.41) is 0. The highest BCUT2D eigenvalue weighted by Gasteiger charge is 2.15. The van der Waals surface area contributed by atoms with E-state index in [9.17, 15) is 0 Å². The van der Waals surface area contributed by atoms with Gasteiger partial charge in [0.15, 0.2) is 12.2 Å². The Morgan fingerprint density at radius 2 is 1.62 bits per heavy atom.